The van der Waals surface area contributed by atoms with Gasteiger partial charge in [0.25, 0.3) is 0 Å². The van der Waals surface area contributed by atoms with Gasteiger partial charge >= 0.3 is 11.9 Å². The van der Waals surface area contributed by atoms with Gasteiger partial charge in [-0.05, 0) is 0 Å². The van der Waals surface area contributed by atoms with E-state index < -0.39 is 30.1 Å². The Hall–Kier alpha value is -1.04. The average molecular weight is 179 g/mol. The quantitative estimate of drug-likeness (QED) is 0.532. The number of nitrogens with one attached hydrogen (secondary N) is 1. The van der Waals surface area contributed by atoms with E-state index in [1.807, 2.05) is 0 Å². The van der Waals surface area contributed by atoms with Crippen LogP contribution in [0.5, 0.6) is 0 Å². The zero-order chi connectivity index (χ0) is 9.35. The lowest BCUT2D eigenvalue weighted by atomic mass is 9.95. The lowest BCUT2D eigenvalue weighted by Crippen LogP contribution is -2.54. The normalized spacial score (nSPS) is 28.5. The SMILES string of the molecule is O=C(O)C1CNCC(F)(F)C1=O. The van der Waals surface area contributed by atoms with Crippen LogP contribution in [-0.2, 0) is 9.59 Å². The van der Waals surface area contributed by atoms with Crippen LogP contribution in [-0.4, -0.2) is 35.9 Å². The van der Waals surface area contributed by atoms with Crippen LogP contribution in [0, 0.1) is 5.92 Å². The summed E-state index contributed by atoms with van der Waals surface area (Å²) in [5.41, 5.74) is 0. The van der Waals surface area contributed by atoms with E-state index in [9.17, 15) is 18.4 Å². The number of alkyl halides is 2. The van der Waals surface area contributed by atoms with Crippen molar-refractivity contribution >= 4 is 11.8 Å². The van der Waals surface area contributed by atoms with Gasteiger partial charge in [0.2, 0.25) is 5.78 Å². The van der Waals surface area contributed by atoms with E-state index in [-0.39, 0.29) is 6.54 Å². The number of ketones is 1. The van der Waals surface area contributed by atoms with Crippen LogP contribution in [0.15, 0.2) is 0 Å². The first-order valence-electron chi connectivity index (χ1n) is 3.31. The van der Waals surface area contributed by atoms with Crippen molar-refractivity contribution in [3.63, 3.8) is 0 Å². The third-order valence-electron chi connectivity index (χ3n) is 1.67. The number of hydrogen-bond donors (Lipinski definition) is 2. The molecule has 0 aromatic rings. The first kappa shape index (κ1) is 9.05. The summed E-state index contributed by atoms with van der Waals surface area (Å²) in [5.74, 6) is -8.17. The standard InChI is InChI=1S/C6H7F2NO3/c7-6(8)2-9-1-3(4(6)10)5(11)12/h3,9H,1-2H2,(H,11,12). The van der Waals surface area contributed by atoms with E-state index in [0.717, 1.165) is 0 Å². The number of piperidine rings is 1. The summed E-state index contributed by atoms with van der Waals surface area (Å²) in [6.07, 6.45) is 0. The average Bonchev–Trinajstić information content (AvgIpc) is 1.94. The molecule has 0 amide bonds. The van der Waals surface area contributed by atoms with Gasteiger partial charge in [-0.3, -0.25) is 9.59 Å². The highest BCUT2D eigenvalue weighted by Gasteiger charge is 2.48. The zero-order valence-corrected chi connectivity index (χ0v) is 6.01. The summed E-state index contributed by atoms with van der Waals surface area (Å²) in [4.78, 5) is 21.0. The number of Topliss-reactive ketones (excluding diaryl/α,β-unsaturated/α-hetero) is 1. The lowest BCUT2D eigenvalue weighted by molar-refractivity contribution is -0.160. The summed E-state index contributed by atoms with van der Waals surface area (Å²) in [6, 6.07) is 0. The highest BCUT2D eigenvalue weighted by molar-refractivity contribution is 6.02. The largest absolute Gasteiger partial charge is 0.481 e. The molecule has 1 aliphatic heterocycles. The number of rotatable bonds is 1. The number of aliphatic carboxylic acids is 1. The molecule has 1 heterocycles. The Morgan fingerprint density at radius 2 is 2.25 bits per heavy atom. The van der Waals surface area contributed by atoms with E-state index in [1.165, 1.54) is 0 Å². The van der Waals surface area contributed by atoms with Crippen molar-refractivity contribution in [1.82, 2.24) is 5.32 Å². The van der Waals surface area contributed by atoms with Gasteiger partial charge in [-0.2, -0.15) is 8.78 Å². The van der Waals surface area contributed by atoms with Crippen LogP contribution in [0.25, 0.3) is 0 Å². The molecule has 1 atom stereocenters. The molecule has 0 aromatic carbocycles. The van der Waals surface area contributed by atoms with E-state index in [4.69, 9.17) is 5.11 Å². The molecule has 68 valence electrons. The molecule has 12 heavy (non-hydrogen) atoms. The van der Waals surface area contributed by atoms with Gasteiger partial charge in [-0.15, -0.1) is 0 Å². The van der Waals surface area contributed by atoms with Crippen molar-refractivity contribution in [1.29, 1.82) is 0 Å². The predicted molar refractivity (Wildman–Crippen MR) is 33.9 cm³/mol. The van der Waals surface area contributed by atoms with Crippen molar-refractivity contribution < 1.29 is 23.5 Å². The molecule has 1 fully saturated rings. The van der Waals surface area contributed by atoms with Crippen molar-refractivity contribution in [2.24, 2.45) is 5.92 Å². The van der Waals surface area contributed by atoms with Gasteiger partial charge in [-0.25, -0.2) is 0 Å². The molecule has 0 spiro atoms. The number of hydrogen-bond acceptors (Lipinski definition) is 3. The van der Waals surface area contributed by atoms with Crippen molar-refractivity contribution in [3.8, 4) is 0 Å². The summed E-state index contributed by atoms with van der Waals surface area (Å²) < 4.78 is 25.1. The fraction of sp³-hybridized carbons (Fsp3) is 0.667. The Morgan fingerprint density at radius 1 is 1.67 bits per heavy atom. The van der Waals surface area contributed by atoms with E-state index in [1.54, 1.807) is 0 Å². The summed E-state index contributed by atoms with van der Waals surface area (Å²) >= 11 is 0. The minimum absolute atomic E-state index is 0.218. The summed E-state index contributed by atoms with van der Waals surface area (Å²) in [6.45, 7) is -0.987. The van der Waals surface area contributed by atoms with E-state index in [2.05, 4.69) is 5.32 Å². The minimum Gasteiger partial charge on any atom is -0.481 e. The Bertz CT molecular complexity index is 229. The van der Waals surface area contributed by atoms with Gasteiger partial charge < -0.3 is 10.4 Å². The maximum Gasteiger partial charge on any atom is 0.318 e. The molecule has 1 rings (SSSR count). The molecule has 0 radical (unpaired) electrons. The van der Waals surface area contributed by atoms with Gasteiger partial charge in [0.1, 0.15) is 5.92 Å². The molecule has 4 nitrogen and oxygen atoms in total. The fourth-order valence-electron chi connectivity index (χ4n) is 1.01. The third kappa shape index (κ3) is 1.42. The zero-order valence-electron chi connectivity index (χ0n) is 6.01. The molecule has 0 aromatic heterocycles. The van der Waals surface area contributed by atoms with E-state index in [0.29, 0.717) is 0 Å². The smallest absolute Gasteiger partial charge is 0.318 e. The first-order chi connectivity index (χ1) is 5.45. The molecule has 0 aliphatic carbocycles. The maximum absolute atomic E-state index is 12.5. The molecule has 0 bridgehead atoms. The molecule has 0 saturated carbocycles. The van der Waals surface area contributed by atoms with Crippen LogP contribution < -0.4 is 5.32 Å². The van der Waals surface area contributed by atoms with Gasteiger partial charge in [0.05, 0.1) is 6.54 Å². The second-order valence-electron chi connectivity index (χ2n) is 2.59. The van der Waals surface area contributed by atoms with Crippen LogP contribution in [0.3, 0.4) is 0 Å². The predicted octanol–water partition coefficient (Wildman–Crippen LogP) is -0.505. The van der Waals surface area contributed by atoms with Crippen LogP contribution in [0.4, 0.5) is 8.78 Å². The van der Waals surface area contributed by atoms with Crippen LogP contribution in [0.2, 0.25) is 0 Å². The molecule has 6 heteroatoms. The van der Waals surface area contributed by atoms with Crippen LogP contribution in [0.1, 0.15) is 0 Å². The van der Waals surface area contributed by atoms with Crippen molar-refractivity contribution in [2.75, 3.05) is 13.1 Å². The molecule has 2 N–H and O–H groups in total. The topological polar surface area (TPSA) is 66.4 Å². The number of carbonyl (C=O) groups is 2. The summed E-state index contributed by atoms with van der Waals surface area (Å²) in [5, 5.41) is 10.5. The number of carboxylic acid groups (broad SMARTS) is 1. The Morgan fingerprint density at radius 3 is 2.67 bits per heavy atom. The molecule has 1 saturated heterocycles. The van der Waals surface area contributed by atoms with E-state index >= 15 is 0 Å². The highest BCUT2D eigenvalue weighted by atomic mass is 19.3. The van der Waals surface area contributed by atoms with Crippen molar-refractivity contribution in [3.05, 3.63) is 0 Å². The second kappa shape index (κ2) is 2.78. The first-order valence-corrected chi connectivity index (χ1v) is 3.31. The molecule has 1 aliphatic rings. The third-order valence-corrected chi connectivity index (χ3v) is 1.67. The monoisotopic (exact) mass is 179 g/mol. The fourth-order valence-corrected chi connectivity index (χ4v) is 1.01. The number of halogens is 2. The number of carboxylic acids is 1. The summed E-state index contributed by atoms with van der Waals surface area (Å²) in [7, 11) is 0. The Balaban J connectivity index is 2.80. The second-order valence-corrected chi connectivity index (χ2v) is 2.59. The van der Waals surface area contributed by atoms with Crippen LogP contribution >= 0.6 is 0 Å². The van der Waals surface area contributed by atoms with Gasteiger partial charge in [0.15, 0.2) is 0 Å². The molecular weight excluding hydrogens is 172 g/mol. The molecule has 1 unspecified atom stereocenters. The van der Waals surface area contributed by atoms with Crippen molar-refractivity contribution in [2.45, 2.75) is 5.92 Å². The van der Waals surface area contributed by atoms with Gasteiger partial charge in [0, 0.05) is 6.54 Å². The van der Waals surface area contributed by atoms with Gasteiger partial charge in [-0.1, -0.05) is 0 Å². The number of carbonyl (C=O) groups excluding carboxylic acids is 1. The Labute approximate surface area is 66.6 Å². The highest BCUT2D eigenvalue weighted by Crippen LogP contribution is 2.22. The Kier molecular flexibility index (Phi) is 2.10. The lowest BCUT2D eigenvalue weighted by Gasteiger charge is -2.25. The minimum atomic E-state index is -3.54. The molecular formula is C6H7F2NO3. The maximum atomic E-state index is 12.5.